The molecular formula is C14H22N2O2. The number of carbonyl (C=O) groups excluding carboxylic acids is 1. The highest BCUT2D eigenvalue weighted by Crippen LogP contribution is 2.28. The van der Waals surface area contributed by atoms with Gasteiger partial charge >= 0.3 is 0 Å². The fourth-order valence-corrected chi connectivity index (χ4v) is 1.50. The van der Waals surface area contributed by atoms with Gasteiger partial charge in [-0.1, -0.05) is 13.8 Å². The number of rotatable bonds is 5. The Morgan fingerprint density at radius 3 is 2.44 bits per heavy atom. The van der Waals surface area contributed by atoms with Gasteiger partial charge in [-0.3, -0.25) is 4.79 Å². The molecule has 0 aliphatic carbocycles. The van der Waals surface area contributed by atoms with E-state index in [1.54, 1.807) is 7.11 Å². The Morgan fingerprint density at radius 2 is 1.94 bits per heavy atom. The van der Waals surface area contributed by atoms with Gasteiger partial charge in [-0.05, 0) is 25.0 Å². The Balaban J connectivity index is 2.88. The second-order valence-corrected chi connectivity index (χ2v) is 4.77. The van der Waals surface area contributed by atoms with E-state index in [2.05, 4.69) is 31.4 Å². The van der Waals surface area contributed by atoms with Crippen molar-refractivity contribution in [3.8, 4) is 5.75 Å². The van der Waals surface area contributed by atoms with Crippen LogP contribution in [0.3, 0.4) is 0 Å². The number of amides is 1. The molecule has 0 radical (unpaired) electrons. The van der Waals surface area contributed by atoms with Crippen molar-refractivity contribution in [3.05, 3.63) is 18.2 Å². The van der Waals surface area contributed by atoms with Crippen LogP contribution in [-0.2, 0) is 4.79 Å². The van der Waals surface area contributed by atoms with Gasteiger partial charge in [0.1, 0.15) is 5.75 Å². The van der Waals surface area contributed by atoms with E-state index in [0.717, 1.165) is 5.69 Å². The summed E-state index contributed by atoms with van der Waals surface area (Å²) in [6, 6.07) is 6.05. The standard InChI is InChI=1S/C14H22N2O2/c1-9(2)10(3)15-12-6-7-13(16-11(4)17)14(8-12)18-5/h6-10,15H,1-5H3,(H,16,17). The predicted octanol–water partition coefficient (Wildman–Crippen LogP) is 3.11. The number of anilines is 2. The summed E-state index contributed by atoms with van der Waals surface area (Å²) >= 11 is 0. The van der Waals surface area contributed by atoms with Crippen LogP contribution in [0.4, 0.5) is 11.4 Å². The Kier molecular flexibility index (Phi) is 5.01. The SMILES string of the molecule is COc1cc(NC(C)C(C)C)ccc1NC(C)=O. The van der Waals surface area contributed by atoms with Crippen molar-refractivity contribution < 1.29 is 9.53 Å². The van der Waals surface area contributed by atoms with Crippen LogP contribution in [0.15, 0.2) is 18.2 Å². The van der Waals surface area contributed by atoms with Crippen LogP contribution < -0.4 is 15.4 Å². The number of benzene rings is 1. The smallest absolute Gasteiger partial charge is 0.221 e. The molecule has 4 heteroatoms. The van der Waals surface area contributed by atoms with Crippen molar-refractivity contribution in [2.75, 3.05) is 17.7 Å². The summed E-state index contributed by atoms with van der Waals surface area (Å²) in [6.07, 6.45) is 0. The molecule has 0 heterocycles. The zero-order valence-electron chi connectivity index (χ0n) is 11.7. The molecule has 100 valence electrons. The molecule has 0 aromatic heterocycles. The molecule has 2 N–H and O–H groups in total. The van der Waals surface area contributed by atoms with Gasteiger partial charge in [-0.25, -0.2) is 0 Å². The van der Waals surface area contributed by atoms with Gasteiger partial charge in [0, 0.05) is 24.7 Å². The van der Waals surface area contributed by atoms with Crippen LogP contribution in [0.5, 0.6) is 5.75 Å². The molecule has 1 unspecified atom stereocenters. The maximum absolute atomic E-state index is 11.1. The zero-order valence-corrected chi connectivity index (χ0v) is 11.7. The van der Waals surface area contributed by atoms with Crippen LogP contribution in [0.2, 0.25) is 0 Å². The minimum atomic E-state index is -0.107. The second kappa shape index (κ2) is 6.28. The molecule has 0 aliphatic heterocycles. The van der Waals surface area contributed by atoms with E-state index in [4.69, 9.17) is 4.74 Å². The molecule has 1 atom stereocenters. The van der Waals surface area contributed by atoms with Crippen molar-refractivity contribution in [1.82, 2.24) is 0 Å². The maximum Gasteiger partial charge on any atom is 0.221 e. The number of ether oxygens (including phenoxy) is 1. The Hall–Kier alpha value is -1.71. The quantitative estimate of drug-likeness (QED) is 0.844. The molecule has 0 aliphatic rings. The zero-order chi connectivity index (χ0) is 13.7. The molecule has 4 nitrogen and oxygen atoms in total. The van der Waals surface area contributed by atoms with Crippen LogP contribution in [0.25, 0.3) is 0 Å². The van der Waals surface area contributed by atoms with Gasteiger partial charge < -0.3 is 15.4 Å². The third-order valence-corrected chi connectivity index (χ3v) is 2.91. The highest BCUT2D eigenvalue weighted by molar-refractivity contribution is 5.90. The summed E-state index contributed by atoms with van der Waals surface area (Å²) in [6.45, 7) is 7.95. The van der Waals surface area contributed by atoms with E-state index in [-0.39, 0.29) is 5.91 Å². The summed E-state index contributed by atoms with van der Waals surface area (Å²) in [5.41, 5.74) is 1.68. The van der Waals surface area contributed by atoms with E-state index in [9.17, 15) is 4.79 Å². The molecule has 1 aromatic rings. The van der Waals surface area contributed by atoms with Gasteiger partial charge in [0.25, 0.3) is 0 Å². The summed E-state index contributed by atoms with van der Waals surface area (Å²) < 4.78 is 5.27. The maximum atomic E-state index is 11.1. The first-order valence-electron chi connectivity index (χ1n) is 6.16. The predicted molar refractivity (Wildman–Crippen MR) is 75.2 cm³/mol. The molecule has 0 fully saturated rings. The molecular weight excluding hydrogens is 228 g/mol. The van der Waals surface area contributed by atoms with E-state index in [0.29, 0.717) is 23.4 Å². The first-order chi connectivity index (χ1) is 8.43. The molecule has 0 bridgehead atoms. The Bertz CT molecular complexity index is 416. The van der Waals surface area contributed by atoms with Crippen LogP contribution in [-0.4, -0.2) is 19.1 Å². The van der Waals surface area contributed by atoms with E-state index in [1.165, 1.54) is 6.92 Å². The minimum Gasteiger partial charge on any atom is -0.494 e. The Labute approximate surface area is 109 Å². The largest absolute Gasteiger partial charge is 0.494 e. The van der Waals surface area contributed by atoms with Gasteiger partial charge in [0.05, 0.1) is 12.8 Å². The molecule has 0 saturated carbocycles. The topological polar surface area (TPSA) is 50.4 Å². The molecule has 1 aromatic carbocycles. The lowest BCUT2D eigenvalue weighted by atomic mass is 10.1. The third kappa shape index (κ3) is 3.95. The van der Waals surface area contributed by atoms with Crippen molar-refractivity contribution in [3.63, 3.8) is 0 Å². The average molecular weight is 250 g/mol. The second-order valence-electron chi connectivity index (χ2n) is 4.77. The van der Waals surface area contributed by atoms with Gasteiger partial charge in [-0.2, -0.15) is 0 Å². The fraction of sp³-hybridized carbons (Fsp3) is 0.500. The van der Waals surface area contributed by atoms with Gasteiger partial charge in [0.2, 0.25) is 5.91 Å². The molecule has 0 spiro atoms. The first kappa shape index (κ1) is 14.4. The van der Waals surface area contributed by atoms with Crippen molar-refractivity contribution in [1.29, 1.82) is 0 Å². The third-order valence-electron chi connectivity index (χ3n) is 2.91. The summed E-state index contributed by atoms with van der Waals surface area (Å²) in [5.74, 6) is 1.10. The highest BCUT2D eigenvalue weighted by Gasteiger charge is 2.09. The summed E-state index contributed by atoms with van der Waals surface area (Å²) in [4.78, 5) is 11.1. The monoisotopic (exact) mass is 250 g/mol. The normalized spacial score (nSPS) is 12.1. The van der Waals surface area contributed by atoms with Crippen molar-refractivity contribution in [2.45, 2.75) is 33.7 Å². The lowest BCUT2D eigenvalue weighted by molar-refractivity contribution is -0.114. The number of nitrogens with one attached hydrogen (secondary N) is 2. The minimum absolute atomic E-state index is 0.107. The van der Waals surface area contributed by atoms with Gasteiger partial charge in [-0.15, -0.1) is 0 Å². The number of carbonyl (C=O) groups is 1. The lowest BCUT2D eigenvalue weighted by Gasteiger charge is -2.20. The van der Waals surface area contributed by atoms with E-state index < -0.39 is 0 Å². The molecule has 18 heavy (non-hydrogen) atoms. The lowest BCUT2D eigenvalue weighted by Crippen LogP contribution is -2.21. The van der Waals surface area contributed by atoms with E-state index in [1.807, 2.05) is 18.2 Å². The summed E-state index contributed by atoms with van der Waals surface area (Å²) in [5, 5.41) is 6.14. The fourth-order valence-electron chi connectivity index (χ4n) is 1.50. The van der Waals surface area contributed by atoms with Crippen LogP contribution in [0.1, 0.15) is 27.7 Å². The molecule has 0 saturated heterocycles. The van der Waals surface area contributed by atoms with Crippen LogP contribution >= 0.6 is 0 Å². The van der Waals surface area contributed by atoms with Crippen molar-refractivity contribution >= 4 is 17.3 Å². The Morgan fingerprint density at radius 1 is 1.28 bits per heavy atom. The van der Waals surface area contributed by atoms with Crippen molar-refractivity contribution in [2.24, 2.45) is 5.92 Å². The van der Waals surface area contributed by atoms with Gasteiger partial charge in [0.15, 0.2) is 0 Å². The van der Waals surface area contributed by atoms with Crippen LogP contribution in [0, 0.1) is 5.92 Å². The van der Waals surface area contributed by atoms with E-state index >= 15 is 0 Å². The number of hydrogen-bond acceptors (Lipinski definition) is 3. The first-order valence-corrected chi connectivity index (χ1v) is 6.16. The number of methoxy groups -OCH3 is 1. The average Bonchev–Trinajstić information content (AvgIpc) is 2.30. The highest BCUT2D eigenvalue weighted by atomic mass is 16.5. The summed E-state index contributed by atoms with van der Waals surface area (Å²) in [7, 11) is 1.59. The number of hydrogen-bond donors (Lipinski definition) is 2. The molecule has 1 amide bonds. The molecule has 1 rings (SSSR count).